The number of aromatic nitrogens is 1. The Hall–Kier alpha value is -2.90. The summed E-state index contributed by atoms with van der Waals surface area (Å²) in [5.74, 6) is 0.00535. The molecule has 0 bridgehead atoms. The van der Waals surface area contributed by atoms with Gasteiger partial charge in [0, 0.05) is 16.0 Å². The SMILES string of the molecule is CC1Oc2ccccc2N(CC(=O)Nc2nc(-c3ccc(Cl)cc3)cs2)C1=O. The number of nitrogens with zero attached hydrogens (tertiary/aromatic N) is 2. The molecule has 0 radical (unpaired) electrons. The van der Waals surface area contributed by atoms with Gasteiger partial charge in [0.05, 0.1) is 11.4 Å². The standard InChI is InChI=1S/C20H16ClN3O3S/c1-12-19(26)24(16-4-2-3-5-17(16)27-12)10-18(25)23-20-22-15(11-28-20)13-6-8-14(21)9-7-13/h2-9,11-12H,10H2,1H3,(H,22,23,25). The van der Waals surface area contributed by atoms with Gasteiger partial charge in [-0.1, -0.05) is 35.9 Å². The zero-order valence-corrected chi connectivity index (χ0v) is 16.5. The van der Waals surface area contributed by atoms with Gasteiger partial charge in [0.25, 0.3) is 5.91 Å². The number of anilines is 2. The summed E-state index contributed by atoms with van der Waals surface area (Å²) in [4.78, 5) is 30.9. The Morgan fingerprint density at radius 3 is 2.79 bits per heavy atom. The van der Waals surface area contributed by atoms with Crippen LogP contribution in [0.3, 0.4) is 0 Å². The zero-order chi connectivity index (χ0) is 19.7. The van der Waals surface area contributed by atoms with Crippen molar-refractivity contribution in [3.05, 3.63) is 58.9 Å². The molecule has 28 heavy (non-hydrogen) atoms. The normalized spacial score (nSPS) is 15.7. The minimum Gasteiger partial charge on any atom is -0.479 e. The molecule has 3 aromatic rings. The van der Waals surface area contributed by atoms with Gasteiger partial charge in [0.15, 0.2) is 11.2 Å². The Morgan fingerprint density at radius 2 is 2.00 bits per heavy atom. The molecule has 142 valence electrons. The van der Waals surface area contributed by atoms with Gasteiger partial charge >= 0.3 is 0 Å². The highest BCUT2D eigenvalue weighted by atomic mass is 35.5. The first-order valence-electron chi connectivity index (χ1n) is 8.59. The van der Waals surface area contributed by atoms with Crippen molar-refractivity contribution in [2.24, 2.45) is 0 Å². The van der Waals surface area contributed by atoms with E-state index in [1.807, 2.05) is 23.6 Å². The van der Waals surface area contributed by atoms with Crippen molar-refractivity contribution in [1.82, 2.24) is 4.98 Å². The minimum absolute atomic E-state index is 0.112. The number of carbonyl (C=O) groups excluding carboxylic acids is 2. The molecule has 1 unspecified atom stereocenters. The Morgan fingerprint density at radius 1 is 1.25 bits per heavy atom. The molecular formula is C20H16ClN3O3S. The molecule has 1 atom stereocenters. The monoisotopic (exact) mass is 413 g/mol. The number of nitrogens with one attached hydrogen (secondary N) is 1. The van der Waals surface area contributed by atoms with Crippen LogP contribution < -0.4 is 15.0 Å². The smallest absolute Gasteiger partial charge is 0.268 e. The average molecular weight is 414 g/mol. The highest BCUT2D eigenvalue weighted by Crippen LogP contribution is 2.33. The third kappa shape index (κ3) is 3.72. The molecule has 4 rings (SSSR count). The van der Waals surface area contributed by atoms with Crippen molar-refractivity contribution in [1.29, 1.82) is 0 Å². The van der Waals surface area contributed by atoms with Gasteiger partial charge in [0.2, 0.25) is 5.91 Å². The van der Waals surface area contributed by atoms with Crippen molar-refractivity contribution in [3.63, 3.8) is 0 Å². The van der Waals surface area contributed by atoms with Crippen LogP contribution in [0.1, 0.15) is 6.92 Å². The van der Waals surface area contributed by atoms with E-state index in [1.165, 1.54) is 16.2 Å². The predicted molar refractivity (Wildman–Crippen MR) is 110 cm³/mol. The molecule has 1 aliphatic rings. The fraction of sp³-hybridized carbons (Fsp3) is 0.150. The van der Waals surface area contributed by atoms with Crippen LogP contribution in [0.4, 0.5) is 10.8 Å². The van der Waals surface area contributed by atoms with Crippen molar-refractivity contribution in [2.75, 3.05) is 16.8 Å². The fourth-order valence-electron chi connectivity index (χ4n) is 2.91. The van der Waals surface area contributed by atoms with Crippen LogP contribution in [-0.4, -0.2) is 29.4 Å². The number of thiazole rings is 1. The number of hydrogen-bond acceptors (Lipinski definition) is 5. The minimum atomic E-state index is -0.640. The molecule has 1 aliphatic heterocycles. The number of benzene rings is 2. The van der Waals surface area contributed by atoms with Gasteiger partial charge in [-0.25, -0.2) is 4.98 Å². The van der Waals surface area contributed by atoms with Crippen LogP contribution in [0.2, 0.25) is 5.02 Å². The summed E-state index contributed by atoms with van der Waals surface area (Å²) in [6, 6.07) is 14.5. The van der Waals surface area contributed by atoms with Crippen molar-refractivity contribution < 1.29 is 14.3 Å². The van der Waals surface area contributed by atoms with Crippen LogP contribution in [-0.2, 0) is 9.59 Å². The van der Waals surface area contributed by atoms with E-state index in [1.54, 1.807) is 37.3 Å². The summed E-state index contributed by atoms with van der Waals surface area (Å²) >= 11 is 7.23. The quantitative estimate of drug-likeness (QED) is 0.695. The molecule has 2 heterocycles. The van der Waals surface area contributed by atoms with Gasteiger partial charge in [-0.2, -0.15) is 0 Å². The van der Waals surface area contributed by atoms with E-state index in [-0.39, 0.29) is 18.4 Å². The van der Waals surface area contributed by atoms with Crippen LogP contribution in [0.25, 0.3) is 11.3 Å². The molecule has 0 saturated carbocycles. The third-order valence-corrected chi connectivity index (χ3v) is 5.28. The molecule has 6 nitrogen and oxygen atoms in total. The number of fused-ring (bicyclic) bond motifs is 1. The second-order valence-corrected chi connectivity index (χ2v) is 7.54. The lowest BCUT2D eigenvalue weighted by molar-refractivity contribution is -0.127. The van der Waals surface area contributed by atoms with Gasteiger partial charge in [-0.3, -0.25) is 14.5 Å². The fourth-order valence-corrected chi connectivity index (χ4v) is 3.77. The Labute approximate surface area is 170 Å². The second kappa shape index (κ2) is 7.61. The highest BCUT2D eigenvalue weighted by Gasteiger charge is 2.32. The second-order valence-electron chi connectivity index (χ2n) is 6.25. The zero-order valence-electron chi connectivity index (χ0n) is 14.9. The average Bonchev–Trinajstić information content (AvgIpc) is 3.14. The lowest BCUT2D eigenvalue weighted by Crippen LogP contribution is -2.47. The van der Waals surface area contributed by atoms with Crippen LogP contribution in [0, 0.1) is 0 Å². The maximum atomic E-state index is 12.5. The summed E-state index contributed by atoms with van der Waals surface area (Å²) in [6.07, 6.45) is -0.640. The molecule has 2 aromatic carbocycles. The number of para-hydroxylation sites is 2. The molecule has 2 amide bonds. The molecule has 0 spiro atoms. The first-order chi connectivity index (χ1) is 13.5. The molecule has 0 fully saturated rings. The van der Waals surface area contributed by atoms with E-state index < -0.39 is 6.10 Å². The first kappa shape index (κ1) is 18.5. The number of amides is 2. The molecule has 8 heteroatoms. The van der Waals surface area contributed by atoms with E-state index in [2.05, 4.69) is 10.3 Å². The number of ether oxygens (including phenoxy) is 1. The van der Waals surface area contributed by atoms with E-state index >= 15 is 0 Å². The summed E-state index contributed by atoms with van der Waals surface area (Å²) in [5, 5.41) is 5.74. The largest absolute Gasteiger partial charge is 0.479 e. The Bertz CT molecular complexity index is 1040. The number of carbonyl (C=O) groups is 2. The number of hydrogen-bond donors (Lipinski definition) is 1. The summed E-state index contributed by atoms with van der Waals surface area (Å²) in [5.41, 5.74) is 2.24. The summed E-state index contributed by atoms with van der Waals surface area (Å²) in [6.45, 7) is 1.56. The van der Waals surface area contributed by atoms with Gasteiger partial charge in [-0.15, -0.1) is 11.3 Å². The van der Waals surface area contributed by atoms with Crippen LogP contribution >= 0.6 is 22.9 Å². The van der Waals surface area contributed by atoms with Crippen molar-refractivity contribution in [2.45, 2.75) is 13.0 Å². The lowest BCUT2D eigenvalue weighted by Gasteiger charge is -2.32. The Kier molecular flexibility index (Phi) is 5.02. The summed E-state index contributed by atoms with van der Waals surface area (Å²) < 4.78 is 5.59. The third-order valence-electron chi connectivity index (χ3n) is 4.27. The lowest BCUT2D eigenvalue weighted by atomic mass is 10.2. The Balaban J connectivity index is 1.48. The topological polar surface area (TPSA) is 71.5 Å². The van der Waals surface area contributed by atoms with E-state index in [0.29, 0.717) is 21.6 Å². The van der Waals surface area contributed by atoms with E-state index in [9.17, 15) is 9.59 Å². The van der Waals surface area contributed by atoms with Gasteiger partial charge in [0.1, 0.15) is 12.3 Å². The molecule has 1 aromatic heterocycles. The molecule has 0 saturated heterocycles. The highest BCUT2D eigenvalue weighted by molar-refractivity contribution is 7.14. The molecule has 0 aliphatic carbocycles. The van der Waals surface area contributed by atoms with Crippen molar-refractivity contribution in [3.8, 4) is 17.0 Å². The number of halogens is 1. The first-order valence-corrected chi connectivity index (χ1v) is 9.85. The van der Waals surface area contributed by atoms with Gasteiger partial charge in [-0.05, 0) is 31.2 Å². The van der Waals surface area contributed by atoms with Crippen LogP contribution in [0.15, 0.2) is 53.9 Å². The van der Waals surface area contributed by atoms with E-state index in [0.717, 1.165) is 11.3 Å². The van der Waals surface area contributed by atoms with Crippen molar-refractivity contribution >= 4 is 45.6 Å². The molecule has 1 N–H and O–H groups in total. The number of rotatable bonds is 4. The maximum absolute atomic E-state index is 12.5. The molecular weight excluding hydrogens is 398 g/mol. The maximum Gasteiger partial charge on any atom is 0.268 e. The predicted octanol–water partition coefficient (Wildman–Crippen LogP) is 4.22. The summed E-state index contributed by atoms with van der Waals surface area (Å²) in [7, 11) is 0. The van der Waals surface area contributed by atoms with Crippen LogP contribution in [0.5, 0.6) is 5.75 Å². The van der Waals surface area contributed by atoms with Gasteiger partial charge < -0.3 is 10.1 Å². The van der Waals surface area contributed by atoms with E-state index in [4.69, 9.17) is 16.3 Å².